The van der Waals surface area contributed by atoms with Crippen molar-refractivity contribution in [3.63, 3.8) is 0 Å². The monoisotopic (exact) mass is 507 g/mol. The van der Waals surface area contributed by atoms with Gasteiger partial charge in [0.25, 0.3) is 0 Å². The molecular formula is C29H37N3O5. The van der Waals surface area contributed by atoms with Crippen LogP contribution in [0.15, 0.2) is 60.7 Å². The maximum absolute atomic E-state index is 13.0. The minimum atomic E-state index is -0.857. The third kappa shape index (κ3) is 7.90. The van der Waals surface area contributed by atoms with Gasteiger partial charge in [-0.1, -0.05) is 74.5 Å². The zero-order valence-corrected chi connectivity index (χ0v) is 21.8. The second kappa shape index (κ2) is 13.6. The molecule has 0 spiro atoms. The lowest BCUT2D eigenvalue weighted by Gasteiger charge is -2.41. The number of likely N-dealkylation sites (tertiary alicyclic amines) is 1. The van der Waals surface area contributed by atoms with Crippen molar-refractivity contribution in [2.75, 3.05) is 13.7 Å². The molecule has 1 fully saturated rings. The molecule has 3 rings (SSSR count). The van der Waals surface area contributed by atoms with Crippen molar-refractivity contribution >= 4 is 23.7 Å². The standard InChI is InChI=1S/C29H37N3O5/c1-20(2)27(28(35)30-23(29(36)37-3)18-21-12-6-4-7-13-21)31-25(33)16-10-11-17-32-24(19-26(32)34)22-14-8-5-9-15-22/h4-9,12-15,20,23-24,27H,10-11,16-19H2,1-3H3,(H,30,35)(H,31,33)/t23-,24?,27-/m0/s1. The maximum Gasteiger partial charge on any atom is 0.328 e. The number of unbranched alkanes of at least 4 members (excludes halogenated alkanes) is 1. The summed E-state index contributed by atoms with van der Waals surface area (Å²) in [5, 5.41) is 5.57. The highest BCUT2D eigenvalue weighted by atomic mass is 16.5. The van der Waals surface area contributed by atoms with Gasteiger partial charge in [0.05, 0.1) is 19.6 Å². The number of carbonyl (C=O) groups excluding carboxylic acids is 4. The number of benzene rings is 2. The Morgan fingerprint density at radius 1 is 0.973 bits per heavy atom. The second-order valence-corrected chi connectivity index (χ2v) is 9.74. The van der Waals surface area contributed by atoms with E-state index in [4.69, 9.17) is 4.74 Å². The van der Waals surface area contributed by atoms with E-state index in [1.54, 1.807) is 0 Å². The van der Waals surface area contributed by atoms with Crippen molar-refractivity contribution in [2.24, 2.45) is 5.92 Å². The topological polar surface area (TPSA) is 105 Å². The first-order valence-electron chi connectivity index (χ1n) is 12.9. The summed E-state index contributed by atoms with van der Waals surface area (Å²) in [5.41, 5.74) is 2.02. The van der Waals surface area contributed by atoms with Crippen LogP contribution < -0.4 is 10.6 Å². The van der Waals surface area contributed by atoms with Gasteiger partial charge >= 0.3 is 5.97 Å². The van der Waals surface area contributed by atoms with Crippen LogP contribution in [0.1, 0.15) is 56.7 Å². The van der Waals surface area contributed by atoms with Gasteiger partial charge in [-0.15, -0.1) is 0 Å². The quantitative estimate of drug-likeness (QED) is 0.246. The Morgan fingerprint density at radius 3 is 2.22 bits per heavy atom. The summed E-state index contributed by atoms with van der Waals surface area (Å²) in [6.45, 7) is 4.28. The van der Waals surface area contributed by atoms with Crippen LogP contribution >= 0.6 is 0 Å². The number of ether oxygens (including phenoxy) is 1. The lowest BCUT2D eigenvalue weighted by atomic mass is 9.93. The maximum atomic E-state index is 13.0. The molecule has 0 saturated carbocycles. The molecule has 198 valence electrons. The number of carbonyl (C=O) groups is 4. The number of hydrogen-bond donors (Lipinski definition) is 2. The number of rotatable bonds is 13. The molecule has 3 amide bonds. The van der Waals surface area contributed by atoms with Gasteiger partial charge in [0.15, 0.2) is 0 Å². The van der Waals surface area contributed by atoms with Crippen LogP contribution in [-0.2, 0) is 30.3 Å². The van der Waals surface area contributed by atoms with E-state index in [2.05, 4.69) is 10.6 Å². The predicted octanol–water partition coefficient (Wildman–Crippen LogP) is 3.17. The molecule has 1 aliphatic heterocycles. The van der Waals surface area contributed by atoms with E-state index in [0.29, 0.717) is 25.8 Å². The zero-order chi connectivity index (χ0) is 26.8. The Morgan fingerprint density at radius 2 is 1.62 bits per heavy atom. The van der Waals surface area contributed by atoms with Crippen molar-refractivity contribution in [1.82, 2.24) is 15.5 Å². The van der Waals surface area contributed by atoms with Gasteiger partial charge in [-0.2, -0.15) is 0 Å². The summed E-state index contributed by atoms with van der Waals surface area (Å²) < 4.78 is 4.88. The van der Waals surface area contributed by atoms with Crippen molar-refractivity contribution in [3.8, 4) is 0 Å². The molecule has 2 N–H and O–H groups in total. The van der Waals surface area contributed by atoms with E-state index in [1.807, 2.05) is 79.4 Å². The fourth-order valence-electron chi connectivity index (χ4n) is 4.50. The van der Waals surface area contributed by atoms with Crippen LogP contribution in [0.2, 0.25) is 0 Å². The number of methoxy groups -OCH3 is 1. The summed E-state index contributed by atoms with van der Waals surface area (Å²) in [7, 11) is 1.28. The highest BCUT2D eigenvalue weighted by Crippen LogP contribution is 2.34. The fourth-order valence-corrected chi connectivity index (χ4v) is 4.50. The molecule has 0 bridgehead atoms. The van der Waals surface area contributed by atoms with Gasteiger partial charge in [0.2, 0.25) is 17.7 Å². The molecule has 0 radical (unpaired) electrons. The predicted molar refractivity (Wildman–Crippen MR) is 140 cm³/mol. The van der Waals surface area contributed by atoms with Crippen LogP contribution in [0.5, 0.6) is 0 Å². The highest BCUT2D eigenvalue weighted by Gasteiger charge is 2.36. The molecule has 37 heavy (non-hydrogen) atoms. The summed E-state index contributed by atoms with van der Waals surface area (Å²) in [5.74, 6) is -1.25. The van der Waals surface area contributed by atoms with Crippen LogP contribution in [-0.4, -0.2) is 54.3 Å². The molecule has 1 unspecified atom stereocenters. The van der Waals surface area contributed by atoms with E-state index < -0.39 is 24.0 Å². The first-order chi connectivity index (χ1) is 17.8. The third-order valence-electron chi connectivity index (χ3n) is 6.65. The summed E-state index contributed by atoms with van der Waals surface area (Å²) >= 11 is 0. The van der Waals surface area contributed by atoms with Gasteiger partial charge in [0.1, 0.15) is 12.1 Å². The summed E-state index contributed by atoms with van der Waals surface area (Å²) in [6, 6.07) is 17.8. The minimum absolute atomic E-state index is 0.107. The molecule has 0 aromatic heterocycles. The van der Waals surface area contributed by atoms with E-state index in [0.717, 1.165) is 11.1 Å². The normalized spacial score (nSPS) is 16.5. The molecule has 2 aromatic rings. The minimum Gasteiger partial charge on any atom is -0.467 e. The van der Waals surface area contributed by atoms with Crippen LogP contribution in [0.4, 0.5) is 0 Å². The number of β-lactam (4-membered cyclic amide) rings is 1. The van der Waals surface area contributed by atoms with Crippen molar-refractivity contribution in [1.29, 1.82) is 0 Å². The number of nitrogens with zero attached hydrogens (tertiary/aromatic N) is 1. The van der Waals surface area contributed by atoms with E-state index >= 15 is 0 Å². The van der Waals surface area contributed by atoms with Crippen LogP contribution in [0, 0.1) is 5.92 Å². The number of esters is 1. The van der Waals surface area contributed by atoms with E-state index in [-0.39, 0.29) is 36.6 Å². The number of hydrogen-bond acceptors (Lipinski definition) is 5. The van der Waals surface area contributed by atoms with Gasteiger partial charge in [-0.05, 0) is 29.9 Å². The summed E-state index contributed by atoms with van der Waals surface area (Å²) in [4.78, 5) is 51.9. The van der Waals surface area contributed by atoms with Gasteiger partial charge in [-0.25, -0.2) is 4.79 Å². The largest absolute Gasteiger partial charge is 0.467 e. The first kappa shape index (κ1) is 27.9. The van der Waals surface area contributed by atoms with Crippen molar-refractivity contribution in [3.05, 3.63) is 71.8 Å². The van der Waals surface area contributed by atoms with Crippen LogP contribution in [0.25, 0.3) is 0 Å². The molecule has 0 aliphatic carbocycles. The lowest BCUT2D eigenvalue weighted by Crippen LogP contribution is -2.54. The number of amides is 3. The molecule has 2 aromatic carbocycles. The Balaban J connectivity index is 1.47. The smallest absolute Gasteiger partial charge is 0.328 e. The van der Waals surface area contributed by atoms with Gasteiger partial charge in [-0.3, -0.25) is 14.4 Å². The Bertz CT molecular complexity index is 1060. The molecule has 1 saturated heterocycles. The van der Waals surface area contributed by atoms with E-state index in [9.17, 15) is 19.2 Å². The van der Waals surface area contributed by atoms with Crippen LogP contribution in [0.3, 0.4) is 0 Å². The Kier molecular flexibility index (Phi) is 10.2. The first-order valence-corrected chi connectivity index (χ1v) is 12.9. The molecule has 1 heterocycles. The van der Waals surface area contributed by atoms with Gasteiger partial charge in [0, 0.05) is 19.4 Å². The van der Waals surface area contributed by atoms with E-state index in [1.165, 1.54) is 7.11 Å². The summed E-state index contributed by atoms with van der Waals surface area (Å²) in [6.07, 6.45) is 2.35. The van der Waals surface area contributed by atoms with Crippen molar-refractivity contribution in [2.45, 2.75) is 64.1 Å². The third-order valence-corrected chi connectivity index (χ3v) is 6.65. The fraction of sp³-hybridized carbons (Fsp3) is 0.448. The van der Waals surface area contributed by atoms with Gasteiger partial charge < -0.3 is 20.3 Å². The van der Waals surface area contributed by atoms with Crippen molar-refractivity contribution < 1.29 is 23.9 Å². The molecule has 8 nitrogen and oxygen atoms in total. The Labute approximate surface area is 218 Å². The molecule has 1 aliphatic rings. The zero-order valence-electron chi connectivity index (χ0n) is 21.8. The average Bonchev–Trinajstić information content (AvgIpc) is 2.90. The molecule has 8 heteroatoms. The second-order valence-electron chi connectivity index (χ2n) is 9.74. The Hall–Kier alpha value is -3.68. The lowest BCUT2D eigenvalue weighted by molar-refractivity contribution is -0.146. The highest BCUT2D eigenvalue weighted by molar-refractivity contribution is 5.91. The molecule has 3 atom stereocenters. The SMILES string of the molecule is COC(=O)[C@H](Cc1ccccc1)NC(=O)[C@@H](NC(=O)CCCCN1C(=O)CC1c1ccccc1)C(C)C. The number of nitrogens with one attached hydrogen (secondary N) is 2. The average molecular weight is 508 g/mol. The molecular weight excluding hydrogens is 470 g/mol.